The van der Waals surface area contributed by atoms with E-state index in [1.165, 1.54) is 23.5 Å². The van der Waals surface area contributed by atoms with Gasteiger partial charge in [-0.2, -0.15) is 13.2 Å². The largest absolute Gasteiger partial charge is 0.457 e. The summed E-state index contributed by atoms with van der Waals surface area (Å²) in [5.74, 6) is 0.794. The Balaban J connectivity index is 1.44. The summed E-state index contributed by atoms with van der Waals surface area (Å²) in [6, 6.07) is 10.1. The zero-order chi connectivity index (χ0) is 21.3. The van der Waals surface area contributed by atoms with Gasteiger partial charge in [0.25, 0.3) is 0 Å². The monoisotopic (exact) mass is 433 g/mol. The zero-order valence-corrected chi connectivity index (χ0v) is 16.6. The number of alkyl halides is 3. The number of hydrogen-bond donors (Lipinski definition) is 1. The molecule has 156 valence electrons. The third-order valence-corrected chi connectivity index (χ3v) is 5.58. The summed E-state index contributed by atoms with van der Waals surface area (Å²) >= 11 is 1.30. The number of hydrogen-bond acceptors (Lipinski definition) is 5. The second kappa shape index (κ2) is 7.98. The molecule has 0 saturated heterocycles. The maximum absolute atomic E-state index is 12.7. The number of nitrogens with two attached hydrogens (primary N) is 1. The maximum atomic E-state index is 12.7. The Hall–Kier alpha value is -3.07. The Bertz CT molecular complexity index is 1060. The van der Waals surface area contributed by atoms with Crippen LogP contribution in [0.2, 0.25) is 0 Å². The van der Waals surface area contributed by atoms with Crippen LogP contribution in [0.3, 0.4) is 0 Å². The normalized spacial score (nSPS) is 13.8. The maximum Gasteiger partial charge on any atom is 0.416 e. The van der Waals surface area contributed by atoms with Gasteiger partial charge in [-0.1, -0.05) is 6.07 Å². The van der Waals surface area contributed by atoms with Crippen molar-refractivity contribution in [2.45, 2.75) is 25.6 Å². The van der Waals surface area contributed by atoms with E-state index in [-0.39, 0.29) is 12.3 Å². The van der Waals surface area contributed by atoms with E-state index < -0.39 is 11.7 Å². The lowest BCUT2D eigenvalue weighted by molar-refractivity contribution is -0.137. The molecule has 0 radical (unpaired) electrons. The van der Waals surface area contributed by atoms with E-state index in [0.29, 0.717) is 35.4 Å². The van der Waals surface area contributed by atoms with Gasteiger partial charge in [0.15, 0.2) is 5.13 Å². The molecule has 2 heterocycles. The Morgan fingerprint density at radius 1 is 1.13 bits per heavy atom. The van der Waals surface area contributed by atoms with Gasteiger partial charge in [-0.15, -0.1) is 11.3 Å². The van der Waals surface area contributed by atoms with E-state index in [4.69, 9.17) is 10.5 Å². The first-order chi connectivity index (χ1) is 14.3. The SMILES string of the molecule is Nc1nc(CC(=O)N2CCc3ccc(Oc4ccc(C(F)(F)F)cc4)cc3C2)cs1. The molecule has 0 atom stereocenters. The van der Waals surface area contributed by atoms with E-state index in [9.17, 15) is 18.0 Å². The molecule has 0 aliphatic carbocycles. The number of anilines is 1. The van der Waals surface area contributed by atoms with Gasteiger partial charge in [0.1, 0.15) is 11.5 Å². The van der Waals surface area contributed by atoms with Crippen LogP contribution >= 0.6 is 11.3 Å². The summed E-state index contributed by atoms with van der Waals surface area (Å²) in [7, 11) is 0. The lowest BCUT2D eigenvalue weighted by Gasteiger charge is -2.29. The molecule has 0 saturated carbocycles. The van der Waals surface area contributed by atoms with Crippen LogP contribution in [-0.2, 0) is 30.4 Å². The molecular formula is C21H18F3N3O2S. The molecule has 4 rings (SSSR count). The highest BCUT2D eigenvalue weighted by molar-refractivity contribution is 7.13. The fourth-order valence-electron chi connectivity index (χ4n) is 3.33. The summed E-state index contributed by atoms with van der Waals surface area (Å²) in [5, 5.41) is 2.22. The van der Waals surface area contributed by atoms with Crippen molar-refractivity contribution in [3.05, 3.63) is 70.2 Å². The number of nitrogens with zero attached hydrogens (tertiary/aromatic N) is 2. The van der Waals surface area contributed by atoms with Crippen LogP contribution in [0.25, 0.3) is 0 Å². The molecule has 1 aliphatic rings. The molecule has 0 spiro atoms. The highest BCUT2D eigenvalue weighted by Gasteiger charge is 2.30. The number of fused-ring (bicyclic) bond motifs is 1. The molecule has 5 nitrogen and oxygen atoms in total. The van der Waals surface area contributed by atoms with Crippen molar-refractivity contribution in [2.75, 3.05) is 12.3 Å². The molecule has 0 bridgehead atoms. The minimum absolute atomic E-state index is 0.0278. The number of halogens is 3. The van der Waals surface area contributed by atoms with Gasteiger partial charge in [0.2, 0.25) is 5.91 Å². The van der Waals surface area contributed by atoms with Crippen molar-refractivity contribution in [1.82, 2.24) is 9.88 Å². The van der Waals surface area contributed by atoms with Crippen LogP contribution in [0.1, 0.15) is 22.4 Å². The molecule has 0 unspecified atom stereocenters. The lowest BCUT2D eigenvalue weighted by atomic mass is 9.99. The number of carbonyl (C=O) groups is 1. The van der Waals surface area contributed by atoms with Crippen LogP contribution in [0.4, 0.5) is 18.3 Å². The number of ether oxygens (including phenoxy) is 1. The predicted molar refractivity (Wildman–Crippen MR) is 107 cm³/mol. The van der Waals surface area contributed by atoms with Crippen molar-refractivity contribution >= 4 is 22.4 Å². The van der Waals surface area contributed by atoms with Crippen LogP contribution in [0.15, 0.2) is 47.8 Å². The number of amides is 1. The third-order valence-electron chi connectivity index (χ3n) is 4.86. The van der Waals surface area contributed by atoms with Gasteiger partial charge in [-0.3, -0.25) is 4.79 Å². The average molecular weight is 433 g/mol. The van der Waals surface area contributed by atoms with Gasteiger partial charge in [0.05, 0.1) is 17.7 Å². The number of aromatic nitrogens is 1. The highest BCUT2D eigenvalue weighted by Crippen LogP contribution is 2.32. The number of benzene rings is 2. The van der Waals surface area contributed by atoms with Gasteiger partial charge >= 0.3 is 6.18 Å². The van der Waals surface area contributed by atoms with Gasteiger partial charge in [-0.25, -0.2) is 4.98 Å². The van der Waals surface area contributed by atoms with Crippen LogP contribution in [-0.4, -0.2) is 22.3 Å². The smallest absolute Gasteiger partial charge is 0.416 e. The van der Waals surface area contributed by atoms with Gasteiger partial charge in [-0.05, 0) is 53.9 Å². The number of thiazole rings is 1. The molecule has 1 aliphatic heterocycles. The standard InChI is InChI=1S/C21H18F3N3O2S/c22-21(23,24)15-2-5-17(6-3-15)29-18-4-1-13-7-8-27(11-14(13)9-18)19(28)10-16-12-30-20(25)26-16/h1-6,9,12H,7-8,10-11H2,(H2,25,26). The molecule has 1 aromatic heterocycles. The molecule has 0 fully saturated rings. The first kappa shape index (κ1) is 20.2. The van der Waals surface area contributed by atoms with Gasteiger partial charge in [0, 0.05) is 18.5 Å². The van der Waals surface area contributed by atoms with Crippen LogP contribution in [0.5, 0.6) is 11.5 Å². The molecular weight excluding hydrogens is 415 g/mol. The molecule has 9 heteroatoms. The van der Waals surface area contributed by atoms with Crippen molar-refractivity contribution in [3.8, 4) is 11.5 Å². The minimum Gasteiger partial charge on any atom is -0.457 e. The molecule has 1 amide bonds. The van der Waals surface area contributed by atoms with Gasteiger partial charge < -0.3 is 15.4 Å². The molecule has 3 aromatic rings. The summed E-state index contributed by atoms with van der Waals surface area (Å²) < 4.78 is 43.8. The highest BCUT2D eigenvalue weighted by atomic mass is 32.1. The summed E-state index contributed by atoms with van der Waals surface area (Å²) in [4.78, 5) is 18.5. The first-order valence-electron chi connectivity index (χ1n) is 9.22. The lowest BCUT2D eigenvalue weighted by Crippen LogP contribution is -2.37. The minimum atomic E-state index is -4.38. The topological polar surface area (TPSA) is 68.5 Å². The number of nitrogen functional groups attached to an aromatic ring is 1. The van der Waals surface area contributed by atoms with E-state index in [2.05, 4.69) is 4.98 Å². The van der Waals surface area contributed by atoms with E-state index in [0.717, 1.165) is 29.7 Å². The first-order valence-corrected chi connectivity index (χ1v) is 10.1. The number of carbonyl (C=O) groups excluding carboxylic acids is 1. The van der Waals surface area contributed by atoms with Crippen molar-refractivity contribution < 1.29 is 22.7 Å². The van der Waals surface area contributed by atoms with Crippen LogP contribution in [0, 0.1) is 0 Å². The Labute approximate surface area is 174 Å². The Kier molecular flexibility index (Phi) is 5.38. The van der Waals surface area contributed by atoms with E-state index >= 15 is 0 Å². The van der Waals surface area contributed by atoms with E-state index in [1.54, 1.807) is 16.3 Å². The second-order valence-corrected chi connectivity index (χ2v) is 7.86. The second-order valence-electron chi connectivity index (χ2n) is 6.97. The fraction of sp³-hybridized carbons (Fsp3) is 0.238. The average Bonchev–Trinajstić information content (AvgIpc) is 3.11. The van der Waals surface area contributed by atoms with E-state index in [1.807, 2.05) is 12.1 Å². The quantitative estimate of drug-likeness (QED) is 0.650. The summed E-state index contributed by atoms with van der Waals surface area (Å²) in [5.41, 5.74) is 7.63. The molecule has 2 N–H and O–H groups in total. The fourth-order valence-corrected chi connectivity index (χ4v) is 3.89. The van der Waals surface area contributed by atoms with Crippen molar-refractivity contribution in [1.29, 1.82) is 0 Å². The summed E-state index contributed by atoms with van der Waals surface area (Å²) in [6.45, 7) is 1.06. The van der Waals surface area contributed by atoms with Crippen molar-refractivity contribution in [2.24, 2.45) is 0 Å². The number of rotatable bonds is 4. The molecule has 30 heavy (non-hydrogen) atoms. The van der Waals surface area contributed by atoms with Crippen molar-refractivity contribution in [3.63, 3.8) is 0 Å². The summed E-state index contributed by atoms with van der Waals surface area (Å²) in [6.07, 6.45) is -3.46. The Morgan fingerprint density at radius 2 is 1.87 bits per heavy atom. The molecule has 2 aromatic carbocycles. The zero-order valence-electron chi connectivity index (χ0n) is 15.8. The van der Waals surface area contributed by atoms with Crippen LogP contribution < -0.4 is 10.5 Å². The third kappa shape index (κ3) is 4.56. The predicted octanol–water partition coefficient (Wildman–Crippen LogP) is 4.66. The Morgan fingerprint density at radius 3 is 2.53 bits per heavy atom.